The van der Waals surface area contributed by atoms with Crippen LogP contribution in [0.25, 0.3) is 11.1 Å². The molecule has 0 fully saturated rings. The SMILES string of the molecule is COc1c(CCN)cc(Cl)c(C)c1-c1ccc(F)c(C(N)=O)c1. The predicted molar refractivity (Wildman–Crippen MR) is 89.4 cm³/mol. The van der Waals surface area contributed by atoms with Crippen molar-refractivity contribution in [3.05, 3.63) is 51.8 Å². The van der Waals surface area contributed by atoms with Gasteiger partial charge in [0.1, 0.15) is 11.6 Å². The Labute approximate surface area is 139 Å². The van der Waals surface area contributed by atoms with Gasteiger partial charge in [0, 0.05) is 10.6 Å². The van der Waals surface area contributed by atoms with Crippen LogP contribution < -0.4 is 16.2 Å². The molecule has 0 bridgehead atoms. The first kappa shape index (κ1) is 17.2. The minimum atomic E-state index is -0.829. The van der Waals surface area contributed by atoms with Gasteiger partial charge in [-0.2, -0.15) is 0 Å². The Morgan fingerprint density at radius 3 is 2.61 bits per heavy atom. The third-order valence-corrected chi connectivity index (χ3v) is 4.08. The second-order valence-corrected chi connectivity index (χ2v) is 5.56. The van der Waals surface area contributed by atoms with Crippen molar-refractivity contribution in [1.29, 1.82) is 0 Å². The first-order valence-electron chi connectivity index (χ1n) is 7.06. The maximum atomic E-state index is 13.7. The maximum Gasteiger partial charge on any atom is 0.251 e. The van der Waals surface area contributed by atoms with Gasteiger partial charge in [-0.15, -0.1) is 0 Å². The molecule has 0 unspecified atom stereocenters. The zero-order valence-corrected chi connectivity index (χ0v) is 13.7. The molecule has 0 aliphatic heterocycles. The third-order valence-electron chi connectivity index (χ3n) is 3.69. The molecule has 0 atom stereocenters. The summed E-state index contributed by atoms with van der Waals surface area (Å²) in [5.74, 6) is -0.883. The summed E-state index contributed by atoms with van der Waals surface area (Å²) in [6, 6.07) is 5.99. The summed E-state index contributed by atoms with van der Waals surface area (Å²) in [7, 11) is 1.55. The highest BCUT2D eigenvalue weighted by Crippen LogP contribution is 2.40. The number of rotatable bonds is 5. The van der Waals surface area contributed by atoms with Crippen molar-refractivity contribution < 1.29 is 13.9 Å². The predicted octanol–water partition coefficient (Wildman–Crippen LogP) is 3.06. The second-order valence-electron chi connectivity index (χ2n) is 5.15. The van der Waals surface area contributed by atoms with Crippen molar-refractivity contribution in [2.24, 2.45) is 11.5 Å². The van der Waals surface area contributed by atoms with E-state index in [4.69, 9.17) is 27.8 Å². The quantitative estimate of drug-likeness (QED) is 0.880. The number of carbonyl (C=O) groups excluding carboxylic acids is 1. The highest BCUT2D eigenvalue weighted by molar-refractivity contribution is 6.32. The number of hydrogen-bond acceptors (Lipinski definition) is 3. The van der Waals surface area contributed by atoms with Gasteiger partial charge in [-0.05, 0) is 54.8 Å². The van der Waals surface area contributed by atoms with Crippen molar-refractivity contribution in [3.8, 4) is 16.9 Å². The highest BCUT2D eigenvalue weighted by atomic mass is 35.5. The molecule has 0 spiro atoms. The van der Waals surface area contributed by atoms with Crippen molar-refractivity contribution >= 4 is 17.5 Å². The molecule has 0 aliphatic carbocycles. The summed E-state index contributed by atoms with van der Waals surface area (Å²) in [5.41, 5.74) is 13.6. The first-order chi connectivity index (χ1) is 10.9. The van der Waals surface area contributed by atoms with E-state index in [1.165, 1.54) is 12.1 Å². The van der Waals surface area contributed by atoms with Gasteiger partial charge in [0.15, 0.2) is 0 Å². The molecule has 0 aliphatic rings. The third kappa shape index (κ3) is 3.30. The molecule has 0 saturated heterocycles. The zero-order chi connectivity index (χ0) is 17.1. The van der Waals surface area contributed by atoms with Crippen LogP contribution in [0.15, 0.2) is 24.3 Å². The number of hydrogen-bond donors (Lipinski definition) is 2. The van der Waals surface area contributed by atoms with E-state index in [0.29, 0.717) is 34.9 Å². The number of benzene rings is 2. The van der Waals surface area contributed by atoms with Gasteiger partial charge < -0.3 is 16.2 Å². The molecule has 1 amide bonds. The number of amides is 1. The van der Waals surface area contributed by atoms with Crippen LogP contribution in [0.3, 0.4) is 0 Å². The van der Waals surface area contributed by atoms with E-state index >= 15 is 0 Å². The standard InChI is InChI=1S/C17H18ClFN2O2/c1-9-13(18)8-11(5-6-20)16(23-2)15(9)10-3-4-14(19)12(7-10)17(21)22/h3-4,7-8H,5-6,20H2,1-2H3,(H2,21,22). The Balaban J connectivity index is 2.76. The molecule has 122 valence electrons. The van der Waals surface area contributed by atoms with Gasteiger partial charge >= 0.3 is 0 Å². The zero-order valence-electron chi connectivity index (χ0n) is 13.0. The normalized spacial score (nSPS) is 10.7. The van der Waals surface area contributed by atoms with E-state index < -0.39 is 11.7 Å². The molecule has 0 aromatic heterocycles. The molecule has 0 radical (unpaired) electrons. The molecule has 0 saturated carbocycles. The number of ether oxygens (including phenoxy) is 1. The number of primary amides is 1. The van der Waals surface area contributed by atoms with E-state index in [0.717, 1.165) is 11.1 Å². The van der Waals surface area contributed by atoms with Crippen LogP contribution in [0.1, 0.15) is 21.5 Å². The number of halogens is 2. The molecule has 4 nitrogen and oxygen atoms in total. The Kier molecular flexibility index (Phi) is 5.23. The Morgan fingerprint density at radius 1 is 1.35 bits per heavy atom. The van der Waals surface area contributed by atoms with Crippen molar-refractivity contribution in [1.82, 2.24) is 0 Å². The van der Waals surface area contributed by atoms with Gasteiger partial charge in [0.2, 0.25) is 0 Å². The van der Waals surface area contributed by atoms with E-state index in [1.54, 1.807) is 13.2 Å². The Morgan fingerprint density at radius 2 is 2.04 bits per heavy atom. The minimum absolute atomic E-state index is 0.177. The fourth-order valence-corrected chi connectivity index (χ4v) is 2.79. The molecule has 4 N–H and O–H groups in total. The lowest BCUT2D eigenvalue weighted by molar-refractivity contribution is 0.0996. The van der Waals surface area contributed by atoms with Gasteiger partial charge in [0.05, 0.1) is 12.7 Å². The second kappa shape index (κ2) is 6.98. The Bertz CT molecular complexity index is 763. The number of nitrogens with two attached hydrogens (primary N) is 2. The van der Waals surface area contributed by atoms with E-state index in [2.05, 4.69) is 0 Å². The van der Waals surface area contributed by atoms with Crippen LogP contribution in [0.5, 0.6) is 5.75 Å². The Hall–Kier alpha value is -2.11. The van der Waals surface area contributed by atoms with Gasteiger partial charge in [-0.25, -0.2) is 4.39 Å². The monoisotopic (exact) mass is 336 g/mol. The van der Waals surface area contributed by atoms with Crippen LogP contribution in [-0.4, -0.2) is 19.6 Å². The topological polar surface area (TPSA) is 78.3 Å². The lowest BCUT2D eigenvalue weighted by Crippen LogP contribution is -2.13. The summed E-state index contributed by atoms with van der Waals surface area (Å²) < 4.78 is 19.2. The molecule has 0 heterocycles. The lowest BCUT2D eigenvalue weighted by atomic mass is 9.94. The largest absolute Gasteiger partial charge is 0.496 e. The van der Waals surface area contributed by atoms with Crippen LogP contribution in [0, 0.1) is 12.7 Å². The van der Waals surface area contributed by atoms with Crippen LogP contribution >= 0.6 is 11.6 Å². The van der Waals surface area contributed by atoms with Crippen LogP contribution in [0.4, 0.5) is 4.39 Å². The summed E-state index contributed by atoms with van der Waals surface area (Å²) in [6.45, 7) is 2.27. The maximum absolute atomic E-state index is 13.7. The summed E-state index contributed by atoms with van der Waals surface area (Å²) in [6.07, 6.45) is 0.583. The summed E-state index contributed by atoms with van der Waals surface area (Å²) in [4.78, 5) is 11.4. The molecule has 6 heteroatoms. The summed E-state index contributed by atoms with van der Waals surface area (Å²) >= 11 is 6.31. The van der Waals surface area contributed by atoms with Gasteiger partial charge in [-0.3, -0.25) is 4.79 Å². The average Bonchev–Trinajstić information content (AvgIpc) is 2.51. The number of carbonyl (C=O) groups is 1. The summed E-state index contributed by atoms with van der Waals surface area (Å²) in [5, 5.41) is 0.550. The fraction of sp³-hybridized carbons (Fsp3) is 0.235. The van der Waals surface area contributed by atoms with Gasteiger partial charge in [-0.1, -0.05) is 17.7 Å². The van der Waals surface area contributed by atoms with E-state index in [9.17, 15) is 9.18 Å². The van der Waals surface area contributed by atoms with Crippen molar-refractivity contribution in [3.63, 3.8) is 0 Å². The van der Waals surface area contributed by atoms with Crippen molar-refractivity contribution in [2.45, 2.75) is 13.3 Å². The van der Waals surface area contributed by atoms with Crippen LogP contribution in [0.2, 0.25) is 5.02 Å². The molecule has 2 aromatic carbocycles. The molecule has 2 aromatic rings. The molecule has 23 heavy (non-hydrogen) atoms. The number of methoxy groups -OCH3 is 1. The molecular formula is C17H18ClFN2O2. The highest BCUT2D eigenvalue weighted by Gasteiger charge is 2.19. The first-order valence-corrected chi connectivity index (χ1v) is 7.44. The fourth-order valence-electron chi connectivity index (χ4n) is 2.57. The van der Waals surface area contributed by atoms with Crippen molar-refractivity contribution in [2.75, 3.05) is 13.7 Å². The smallest absolute Gasteiger partial charge is 0.251 e. The van der Waals surface area contributed by atoms with Gasteiger partial charge in [0.25, 0.3) is 5.91 Å². The average molecular weight is 337 g/mol. The van der Waals surface area contributed by atoms with E-state index in [-0.39, 0.29) is 5.56 Å². The molecular weight excluding hydrogens is 319 g/mol. The lowest BCUT2D eigenvalue weighted by Gasteiger charge is -2.18. The van der Waals surface area contributed by atoms with E-state index in [1.807, 2.05) is 13.0 Å². The minimum Gasteiger partial charge on any atom is -0.496 e. The van der Waals surface area contributed by atoms with Crippen LogP contribution in [-0.2, 0) is 6.42 Å². The molecule has 2 rings (SSSR count).